The molecule has 0 aliphatic heterocycles. The van der Waals surface area contributed by atoms with Gasteiger partial charge < -0.3 is 5.11 Å². The molecule has 2 rings (SSSR count). The minimum absolute atomic E-state index is 0.493. The van der Waals surface area contributed by atoms with Crippen LogP contribution in [-0.2, 0) is 18.3 Å². The van der Waals surface area contributed by atoms with Gasteiger partial charge in [-0.05, 0) is 25.2 Å². The summed E-state index contributed by atoms with van der Waals surface area (Å²) in [6, 6.07) is 0. The molecule has 0 spiro atoms. The lowest BCUT2D eigenvalue weighted by molar-refractivity contribution is -0.148. The minimum Gasteiger partial charge on any atom is -0.481 e. The van der Waals surface area contributed by atoms with Crippen LogP contribution in [0.4, 0.5) is 0 Å². The van der Waals surface area contributed by atoms with E-state index in [1.165, 1.54) is 0 Å². The molecule has 0 amide bonds. The van der Waals surface area contributed by atoms with Crippen LogP contribution in [0, 0.1) is 11.3 Å². The van der Waals surface area contributed by atoms with E-state index in [1.807, 2.05) is 0 Å². The summed E-state index contributed by atoms with van der Waals surface area (Å²) in [7, 11) is 1.79. The van der Waals surface area contributed by atoms with Crippen molar-refractivity contribution >= 4 is 5.97 Å². The highest BCUT2D eigenvalue weighted by Gasteiger charge is 2.44. The molecule has 1 aromatic heterocycles. The topological polar surface area (TPSA) is 68.0 Å². The lowest BCUT2D eigenvalue weighted by Gasteiger charge is -2.22. The van der Waals surface area contributed by atoms with Crippen LogP contribution < -0.4 is 0 Å². The fourth-order valence-corrected chi connectivity index (χ4v) is 2.65. The molecule has 1 aromatic rings. The summed E-state index contributed by atoms with van der Waals surface area (Å²) in [5.74, 6) is -0.199. The Hall–Kier alpha value is -1.39. The quantitative estimate of drug-likeness (QED) is 0.837. The number of carboxylic acid groups (broad SMARTS) is 1. The van der Waals surface area contributed by atoms with Gasteiger partial charge in [0.1, 0.15) is 0 Å². The number of hydrogen-bond donors (Lipinski definition) is 1. The van der Waals surface area contributed by atoms with Gasteiger partial charge in [-0.1, -0.05) is 12.1 Å². The fourth-order valence-electron chi connectivity index (χ4n) is 2.65. The van der Waals surface area contributed by atoms with Crippen LogP contribution in [0.5, 0.6) is 0 Å². The van der Waals surface area contributed by atoms with Gasteiger partial charge in [-0.3, -0.25) is 9.48 Å². The highest BCUT2D eigenvalue weighted by atomic mass is 16.4. The smallest absolute Gasteiger partial charge is 0.310 e. The summed E-state index contributed by atoms with van der Waals surface area (Å²) < 4.78 is 1.61. The highest BCUT2D eigenvalue weighted by molar-refractivity contribution is 5.75. The Labute approximate surface area is 94.5 Å². The number of aryl methyl sites for hydroxylation is 1. The van der Waals surface area contributed by atoms with E-state index in [2.05, 4.69) is 17.2 Å². The van der Waals surface area contributed by atoms with Crippen molar-refractivity contribution in [3.63, 3.8) is 0 Å². The van der Waals surface area contributed by atoms with Crippen LogP contribution in [0.25, 0.3) is 0 Å². The maximum Gasteiger partial charge on any atom is 0.310 e. The molecule has 2 atom stereocenters. The van der Waals surface area contributed by atoms with Crippen LogP contribution in [0.2, 0.25) is 0 Å². The second-order valence-corrected chi connectivity index (χ2v) is 4.99. The Morgan fingerprint density at radius 1 is 1.75 bits per heavy atom. The van der Waals surface area contributed by atoms with Crippen LogP contribution >= 0.6 is 0 Å². The summed E-state index contributed by atoms with van der Waals surface area (Å²) in [6.07, 6.45) is 4.79. The zero-order valence-corrected chi connectivity index (χ0v) is 9.68. The van der Waals surface area contributed by atoms with E-state index >= 15 is 0 Å². The Balaban J connectivity index is 2.18. The molecule has 0 aromatic carbocycles. The molecule has 1 aliphatic carbocycles. The Bertz CT molecular complexity index is 402. The van der Waals surface area contributed by atoms with Crippen LogP contribution in [0.3, 0.4) is 0 Å². The number of aromatic nitrogens is 3. The van der Waals surface area contributed by atoms with Crippen molar-refractivity contribution in [1.29, 1.82) is 0 Å². The van der Waals surface area contributed by atoms with Gasteiger partial charge >= 0.3 is 5.97 Å². The van der Waals surface area contributed by atoms with Crippen molar-refractivity contribution in [2.75, 3.05) is 0 Å². The number of nitrogens with zero attached hydrogens (tertiary/aromatic N) is 3. The van der Waals surface area contributed by atoms with Crippen molar-refractivity contribution < 1.29 is 9.90 Å². The van der Waals surface area contributed by atoms with Crippen LogP contribution in [-0.4, -0.2) is 26.1 Å². The maximum atomic E-state index is 11.4. The van der Waals surface area contributed by atoms with E-state index < -0.39 is 11.4 Å². The molecule has 0 saturated heterocycles. The molecule has 0 radical (unpaired) electrons. The van der Waals surface area contributed by atoms with Crippen molar-refractivity contribution in [1.82, 2.24) is 15.0 Å². The average molecular weight is 223 g/mol. The molecule has 0 bridgehead atoms. The highest BCUT2D eigenvalue weighted by Crippen LogP contribution is 2.44. The van der Waals surface area contributed by atoms with Gasteiger partial charge in [0.2, 0.25) is 0 Å². The number of aliphatic carboxylic acids is 1. The zero-order chi connectivity index (χ0) is 11.8. The summed E-state index contributed by atoms with van der Waals surface area (Å²) in [4.78, 5) is 11.4. The van der Waals surface area contributed by atoms with Crippen LogP contribution in [0.15, 0.2) is 6.20 Å². The second-order valence-electron chi connectivity index (χ2n) is 4.99. The monoisotopic (exact) mass is 223 g/mol. The SMILES string of the molecule is CC1CCC(Cc2cn(C)nn2)(C(=O)O)C1. The number of hydrogen-bond acceptors (Lipinski definition) is 3. The molecule has 1 aliphatic rings. The zero-order valence-electron chi connectivity index (χ0n) is 9.68. The predicted molar refractivity (Wildman–Crippen MR) is 57.8 cm³/mol. The number of carbonyl (C=O) groups is 1. The predicted octanol–water partition coefficient (Wildman–Crippen LogP) is 1.25. The molecule has 1 saturated carbocycles. The summed E-state index contributed by atoms with van der Waals surface area (Å²) in [5, 5.41) is 17.2. The first kappa shape index (κ1) is 11.1. The molecule has 5 heteroatoms. The third-order valence-corrected chi connectivity index (χ3v) is 3.48. The largest absolute Gasteiger partial charge is 0.481 e. The number of carboxylic acids is 1. The first-order chi connectivity index (χ1) is 7.52. The van der Waals surface area contributed by atoms with Gasteiger partial charge in [-0.15, -0.1) is 5.10 Å². The van der Waals surface area contributed by atoms with Gasteiger partial charge in [0.05, 0.1) is 11.1 Å². The lowest BCUT2D eigenvalue weighted by atomic mass is 9.81. The van der Waals surface area contributed by atoms with Crippen molar-refractivity contribution in [2.24, 2.45) is 18.4 Å². The molecule has 16 heavy (non-hydrogen) atoms. The van der Waals surface area contributed by atoms with E-state index in [0.29, 0.717) is 12.3 Å². The standard InChI is InChI=1S/C11H17N3O2/c1-8-3-4-11(5-8,10(15)16)6-9-7-14(2)13-12-9/h7-8H,3-6H2,1-2H3,(H,15,16). The minimum atomic E-state index is -0.692. The first-order valence-electron chi connectivity index (χ1n) is 5.60. The molecule has 88 valence electrons. The molecule has 5 nitrogen and oxygen atoms in total. The first-order valence-corrected chi connectivity index (χ1v) is 5.60. The van der Waals surface area contributed by atoms with Crippen molar-refractivity contribution in [2.45, 2.75) is 32.6 Å². The van der Waals surface area contributed by atoms with Gasteiger partial charge in [0.15, 0.2) is 0 Å². The van der Waals surface area contributed by atoms with E-state index in [4.69, 9.17) is 0 Å². The Kier molecular flexibility index (Phi) is 2.69. The third-order valence-electron chi connectivity index (χ3n) is 3.48. The van der Waals surface area contributed by atoms with Crippen molar-refractivity contribution in [3.8, 4) is 0 Å². The maximum absolute atomic E-state index is 11.4. The molecule has 2 unspecified atom stereocenters. The van der Waals surface area contributed by atoms with E-state index in [0.717, 1.165) is 25.0 Å². The van der Waals surface area contributed by atoms with E-state index in [-0.39, 0.29) is 0 Å². The van der Waals surface area contributed by atoms with Crippen LogP contribution in [0.1, 0.15) is 31.9 Å². The normalized spacial score (nSPS) is 29.5. The van der Waals surface area contributed by atoms with Gasteiger partial charge in [0, 0.05) is 19.7 Å². The average Bonchev–Trinajstić information content (AvgIpc) is 2.75. The van der Waals surface area contributed by atoms with Gasteiger partial charge in [0.25, 0.3) is 0 Å². The summed E-state index contributed by atoms with van der Waals surface area (Å²) in [5.41, 5.74) is 0.161. The molecular weight excluding hydrogens is 206 g/mol. The Morgan fingerprint density at radius 3 is 2.94 bits per heavy atom. The fraction of sp³-hybridized carbons (Fsp3) is 0.727. The van der Waals surface area contributed by atoms with Crippen molar-refractivity contribution in [3.05, 3.63) is 11.9 Å². The van der Waals surface area contributed by atoms with E-state index in [1.54, 1.807) is 17.9 Å². The molecule has 1 N–H and O–H groups in total. The van der Waals surface area contributed by atoms with Gasteiger partial charge in [-0.25, -0.2) is 0 Å². The molecule has 1 fully saturated rings. The molecule has 1 heterocycles. The van der Waals surface area contributed by atoms with E-state index in [9.17, 15) is 9.90 Å². The number of rotatable bonds is 3. The summed E-state index contributed by atoms with van der Waals surface area (Å²) in [6.45, 7) is 2.11. The Morgan fingerprint density at radius 2 is 2.50 bits per heavy atom. The lowest BCUT2D eigenvalue weighted by Crippen LogP contribution is -2.30. The second kappa shape index (κ2) is 3.88. The molecular formula is C11H17N3O2. The van der Waals surface area contributed by atoms with Gasteiger partial charge in [-0.2, -0.15) is 0 Å². The third kappa shape index (κ3) is 1.94. The summed E-state index contributed by atoms with van der Waals surface area (Å²) >= 11 is 0.